The number of benzene rings is 1. The van der Waals surface area contributed by atoms with Gasteiger partial charge >= 0.3 is 12.1 Å². The van der Waals surface area contributed by atoms with Gasteiger partial charge in [0.05, 0.1) is 19.1 Å². The Bertz CT molecular complexity index is 464. The molecule has 0 fully saturated rings. The third-order valence-electron chi connectivity index (χ3n) is 2.60. The summed E-state index contributed by atoms with van der Waals surface area (Å²) in [6, 6.07) is 5.31. The smallest absolute Gasteiger partial charge is 0.416 e. The molecule has 1 unspecified atom stereocenters. The predicted molar refractivity (Wildman–Crippen MR) is 80.7 cm³/mol. The van der Waals surface area contributed by atoms with Crippen LogP contribution in [0, 0.1) is 0 Å². The van der Waals surface area contributed by atoms with Crippen LogP contribution in [-0.2, 0) is 15.7 Å². The van der Waals surface area contributed by atoms with Crippen molar-refractivity contribution in [2.45, 2.75) is 29.7 Å². The first-order chi connectivity index (χ1) is 9.82. The van der Waals surface area contributed by atoms with Crippen LogP contribution < -0.4 is 0 Å². The van der Waals surface area contributed by atoms with Crippen LogP contribution in [0.1, 0.15) is 18.9 Å². The molecule has 7 heteroatoms. The summed E-state index contributed by atoms with van der Waals surface area (Å²) in [5, 5.41) is 0.138. The van der Waals surface area contributed by atoms with Gasteiger partial charge in [-0.2, -0.15) is 24.9 Å². The highest BCUT2D eigenvalue weighted by Crippen LogP contribution is 2.32. The second kappa shape index (κ2) is 8.58. The number of rotatable bonds is 7. The van der Waals surface area contributed by atoms with Crippen molar-refractivity contribution in [3.8, 4) is 0 Å². The summed E-state index contributed by atoms with van der Waals surface area (Å²) in [4.78, 5) is 11.7. The largest absolute Gasteiger partial charge is 0.469 e. The normalized spacial score (nSPS) is 13.0. The number of halogens is 3. The van der Waals surface area contributed by atoms with Gasteiger partial charge < -0.3 is 4.74 Å². The molecular weight excluding hydrogens is 321 g/mol. The highest BCUT2D eigenvalue weighted by atomic mass is 32.2. The van der Waals surface area contributed by atoms with Crippen LogP contribution >= 0.6 is 23.5 Å². The van der Waals surface area contributed by atoms with E-state index in [-0.39, 0.29) is 11.2 Å². The molecule has 2 nitrogen and oxygen atoms in total. The van der Waals surface area contributed by atoms with Crippen molar-refractivity contribution in [3.05, 3.63) is 29.8 Å². The Morgan fingerprint density at radius 2 is 2.05 bits per heavy atom. The number of ether oxygens (including phenoxy) is 1. The molecule has 1 rings (SSSR count). The molecule has 0 aliphatic carbocycles. The summed E-state index contributed by atoms with van der Waals surface area (Å²) >= 11 is 2.99. The van der Waals surface area contributed by atoms with E-state index in [1.807, 2.05) is 6.92 Å². The monoisotopic (exact) mass is 338 g/mol. The minimum absolute atomic E-state index is 0.138. The summed E-state index contributed by atoms with van der Waals surface area (Å²) < 4.78 is 42.3. The SMILES string of the molecule is COC(=O)CC(C)SCCSc1cccc(C(F)(F)F)c1. The summed E-state index contributed by atoms with van der Waals surface area (Å²) in [5.41, 5.74) is -0.626. The maximum atomic E-state index is 12.6. The maximum Gasteiger partial charge on any atom is 0.416 e. The molecule has 1 aromatic carbocycles. The number of hydrogen-bond donors (Lipinski definition) is 0. The fourth-order valence-corrected chi connectivity index (χ4v) is 3.54. The third kappa shape index (κ3) is 7.13. The molecule has 118 valence electrons. The average Bonchev–Trinajstić information content (AvgIpc) is 2.43. The van der Waals surface area contributed by atoms with Crippen LogP contribution in [0.25, 0.3) is 0 Å². The maximum absolute atomic E-state index is 12.6. The Hall–Kier alpha value is -0.820. The number of hydrogen-bond acceptors (Lipinski definition) is 4. The molecule has 0 bridgehead atoms. The van der Waals surface area contributed by atoms with E-state index in [0.717, 1.165) is 17.9 Å². The summed E-state index contributed by atoms with van der Waals surface area (Å²) in [7, 11) is 1.35. The molecule has 0 aliphatic heterocycles. The Kier molecular flexibility index (Phi) is 7.45. The number of alkyl halides is 3. The van der Waals surface area contributed by atoms with Gasteiger partial charge in [-0.25, -0.2) is 0 Å². The number of thioether (sulfide) groups is 2. The zero-order valence-electron chi connectivity index (χ0n) is 11.8. The minimum atomic E-state index is -4.31. The molecule has 0 radical (unpaired) electrons. The van der Waals surface area contributed by atoms with Gasteiger partial charge in [0.2, 0.25) is 0 Å². The molecule has 0 saturated carbocycles. The molecule has 0 amide bonds. The van der Waals surface area contributed by atoms with Crippen molar-refractivity contribution in [2.24, 2.45) is 0 Å². The highest BCUT2D eigenvalue weighted by Gasteiger charge is 2.30. The highest BCUT2D eigenvalue weighted by molar-refractivity contribution is 8.03. The van der Waals surface area contributed by atoms with Crippen LogP contribution in [0.3, 0.4) is 0 Å². The zero-order chi connectivity index (χ0) is 15.9. The second-order valence-electron chi connectivity index (χ2n) is 4.34. The Labute approximate surface area is 130 Å². The Morgan fingerprint density at radius 3 is 2.67 bits per heavy atom. The Morgan fingerprint density at radius 1 is 1.33 bits per heavy atom. The van der Waals surface area contributed by atoms with E-state index in [1.54, 1.807) is 17.8 Å². The average molecular weight is 338 g/mol. The lowest BCUT2D eigenvalue weighted by atomic mass is 10.2. The molecular formula is C14H17F3O2S2. The lowest BCUT2D eigenvalue weighted by molar-refractivity contribution is -0.140. The molecule has 1 atom stereocenters. The fourth-order valence-electron chi connectivity index (χ4n) is 1.55. The number of methoxy groups -OCH3 is 1. The third-order valence-corrected chi connectivity index (χ3v) is 5.03. The van der Waals surface area contributed by atoms with Gasteiger partial charge in [0.15, 0.2) is 0 Å². The standard InChI is InChI=1S/C14H17F3O2S2/c1-10(8-13(18)19-2)20-6-7-21-12-5-3-4-11(9-12)14(15,16)17/h3-5,9-10H,6-8H2,1-2H3. The van der Waals surface area contributed by atoms with Gasteiger partial charge in [0.1, 0.15) is 0 Å². The van der Waals surface area contributed by atoms with Crippen LogP contribution in [0.2, 0.25) is 0 Å². The molecule has 0 aromatic heterocycles. The number of esters is 1. The molecule has 0 N–H and O–H groups in total. The van der Waals surface area contributed by atoms with Crippen LogP contribution in [0.5, 0.6) is 0 Å². The van der Waals surface area contributed by atoms with Crippen LogP contribution in [-0.4, -0.2) is 29.8 Å². The molecule has 21 heavy (non-hydrogen) atoms. The molecule has 0 spiro atoms. The van der Waals surface area contributed by atoms with Gasteiger partial charge in [-0.3, -0.25) is 4.79 Å². The minimum Gasteiger partial charge on any atom is -0.469 e. The van der Waals surface area contributed by atoms with Crippen molar-refractivity contribution >= 4 is 29.5 Å². The summed E-state index contributed by atoms with van der Waals surface area (Å²) in [6.45, 7) is 1.93. The Balaban J connectivity index is 2.35. The van der Waals surface area contributed by atoms with Gasteiger partial charge in [0, 0.05) is 21.7 Å². The lowest BCUT2D eigenvalue weighted by Crippen LogP contribution is -2.09. The van der Waals surface area contributed by atoms with E-state index in [4.69, 9.17) is 0 Å². The predicted octanol–water partition coefficient (Wildman–Crippen LogP) is 4.48. The van der Waals surface area contributed by atoms with Crippen LogP contribution in [0.15, 0.2) is 29.2 Å². The first kappa shape index (κ1) is 18.2. The first-order valence-corrected chi connectivity index (χ1v) is 8.35. The second-order valence-corrected chi connectivity index (χ2v) is 7.05. The van der Waals surface area contributed by atoms with Crippen molar-refractivity contribution < 1.29 is 22.7 Å². The number of carbonyl (C=O) groups is 1. The van der Waals surface area contributed by atoms with Crippen molar-refractivity contribution in [1.82, 2.24) is 0 Å². The van der Waals surface area contributed by atoms with E-state index in [0.29, 0.717) is 17.1 Å². The molecule has 1 aromatic rings. The van der Waals surface area contributed by atoms with Crippen molar-refractivity contribution in [3.63, 3.8) is 0 Å². The van der Waals surface area contributed by atoms with E-state index in [2.05, 4.69) is 4.74 Å². The van der Waals surface area contributed by atoms with Gasteiger partial charge in [-0.1, -0.05) is 13.0 Å². The fraction of sp³-hybridized carbons (Fsp3) is 0.500. The molecule has 0 aliphatic rings. The topological polar surface area (TPSA) is 26.3 Å². The van der Waals surface area contributed by atoms with Crippen LogP contribution in [0.4, 0.5) is 13.2 Å². The van der Waals surface area contributed by atoms with Crippen molar-refractivity contribution in [2.75, 3.05) is 18.6 Å². The lowest BCUT2D eigenvalue weighted by Gasteiger charge is -2.10. The van der Waals surface area contributed by atoms with Gasteiger partial charge in [0.25, 0.3) is 0 Å². The van der Waals surface area contributed by atoms with Crippen molar-refractivity contribution in [1.29, 1.82) is 0 Å². The molecule has 0 heterocycles. The van der Waals surface area contributed by atoms with Gasteiger partial charge in [-0.05, 0) is 18.2 Å². The quantitative estimate of drug-likeness (QED) is 0.416. The van der Waals surface area contributed by atoms with E-state index in [9.17, 15) is 18.0 Å². The van der Waals surface area contributed by atoms with E-state index >= 15 is 0 Å². The zero-order valence-corrected chi connectivity index (χ0v) is 13.4. The van der Waals surface area contributed by atoms with E-state index in [1.165, 1.54) is 24.9 Å². The first-order valence-electron chi connectivity index (χ1n) is 6.31. The molecule has 0 saturated heterocycles. The van der Waals surface area contributed by atoms with E-state index < -0.39 is 11.7 Å². The van der Waals surface area contributed by atoms with Gasteiger partial charge in [-0.15, -0.1) is 11.8 Å². The number of carbonyl (C=O) groups excluding carboxylic acids is 1. The summed E-state index contributed by atoms with van der Waals surface area (Å²) in [5.74, 6) is 1.21. The summed E-state index contributed by atoms with van der Waals surface area (Å²) in [6.07, 6.45) is -3.96.